The molecule has 0 heterocycles. The van der Waals surface area contributed by atoms with Crippen molar-refractivity contribution >= 4 is 19.4 Å². The average molecular weight is 267 g/mol. The van der Waals surface area contributed by atoms with Gasteiger partial charge in [0, 0.05) is 0 Å². The monoisotopic (exact) mass is 268 g/mol. The fourth-order valence-electron chi connectivity index (χ4n) is 3.03. The topological polar surface area (TPSA) is 20.2 Å². The summed E-state index contributed by atoms with van der Waals surface area (Å²) >= 11 is 0.473. The summed E-state index contributed by atoms with van der Waals surface area (Å²) in [6.45, 7) is 0. The molecule has 0 spiro atoms. The van der Waals surface area contributed by atoms with Gasteiger partial charge in [-0.05, 0) is 0 Å². The molecule has 0 saturated heterocycles. The maximum atomic E-state index is 10.2. The predicted octanol–water partition coefficient (Wildman–Crippen LogP) is 1.60. The van der Waals surface area contributed by atoms with Crippen LogP contribution >= 0.6 is 0 Å². The summed E-state index contributed by atoms with van der Waals surface area (Å²) in [5, 5.41) is 10.2. The van der Waals surface area contributed by atoms with E-state index in [2.05, 4.69) is 30.3 Å². The number of aliphatic hydroxyl groups excluding tert-OH is 1. The Bertz CT molecular complexity index is 336. The molecule has 2 fully saturated rings. The van der Waals surface area contributed by atoms with E-state index in [0.717, 1.165) is 5.92 Å². The van der Waals surface area contributed by atoms with Gasteiger partial charge in [0.05, 0.1) is 0 Å². The molecule has 0 radical (unpaired) electrons. The average Bonchev–Trinajstić information content (AvgIpc) is 2.84. The Kier molecular flexibility index (Phi) is 2.59. The Balaban J connectivity index is 1.74. The molecular formula is C13H16OSe. The summed E-state index contributed by atoms with van der Waals surface area (Å²) < 4.78 is 1.45. The van der Waals surface area contributed by atoms with Crippen LogP contribution in [0.2, 0.25) is 4.82 Å². The van der Waals surface area contributed by atoms with Crippen LogP contribution in [0.15, 0.2) is 30.3 Å². The number of benzene rings is 1. The van der Waals surface area contributed by atoms with Crippen molar-refractivity contribution in [2.24, 2.45) is 11.8 Å². The molecule has 2 saturated carbocycles. The summed E-state index contributed by atoms with van der Waals surface area (Å²) in [6.07, 6.45) is 3.93. The molecule has 80 valence electrons. The molecule has 2 aliphatic carbocycles. The van der Waals surface area contributed by atoms with Gasteiger partial charge < -0.3 is 0 Å². The molecule has 0 unspecified atom stereocenters. The van der Waals surface area contributed by atoms with Gasteiger partial charge in [0.2, 0.25) is 0 Å². The number of rotatable bonds is 2. The van der Waals surface area contributed by atoms with Gasteiger partial charge in [-0.3, -0.25) is 0 Å². The second-order valence-electron chi connectivity index (χ2n) is 4.72. The molecule has 4 atom stereocenters. The first-order chi connectivity index (χ1) is 7.34. The molecule has 2 heteroatoms. The van der Waals surface area contributed by atoms with Crippen LogP contribution in [-0.4, -0.2) is 26.2 Å². The van der Waals surface area contributed by atoms with Crippen molar-refractivity contribution in [1.29, 1.82) is 0 Å². The summed E-state index contributed by atoms with van der Waals surface area (Å²) in [7, 11) is 0. The van der Waals surface area contributed by atoms with Crippen LogP contribution in [-0.2, 0) is 0 Å². The number of aliphatic hydroxyl groups is 1. The summed E-state index contributed by atoms with van der Waals surface area (Å²) in [4.78, 5) is 0.596. The number of fused-ring (bicyclic) bond motifs is 2. The molecular weight excluding hydrogens is 251 g/mol. The summed E-state index contributed by atoms with van der Waals surface area (Å²) in [6, 6.07) is 10.7. The van der Waals surface area contributed by atoms with Crippen molar-refractivity contribution in [3.05, 3.63) is 30.3 Å². The minimum atomic E-state index is 0.00366. The second-order valence-corrected chi connectivity index (χ2v) is 7.34. The van der Waals surface area contributed by atoms with E-state index in [0.29, 0.717) is 25.7 Å². The third kappa shape index (κ3) is 1.75. The Hall–Kier alpha value is -0.301. The summed E-state index contributed by atoms with van der Waals surface area (Å²) in [5.41, 5.74) is 0. The van der Waals surface area contributed by atoms with Gasteiger partial charge in [-0.15, -0.1) is 0 Å². The van der Waals surface area contributed by atoms with Gasteiger partial charge in [-0.2, -0.15) is 0 Å². The van der Waals surface area contributed by atoms with E-state index in [1.165, 1.54) is 23.7 Å². The maximum absolute atomic E-state index is 10.2. The van der Waals surface area contributed by atoms with Gasteiger partial charge in [0.25, 0.3) is 0 Å². The van der Waals surface area contributed by atoms with Crippen LogP contribution in [0.25, 0.3) is 0 Å². The van der Waals surface area contributed by atoms with Gasteiger partial charge >= 0.3 is 96.9 Å². The first kappa shape index (κ1) is 9.89. The Labute approximate surface area is 97.0 Å². The SMILES string of the molecule is O[C@H]1[C@H]2CC[C@H](C2)[C@@H]1[Se]c1ccccc1. The standard InChI is InChI=1S/C13H16OSe/c14-12-9-6-7-10(8-9)13(12)15-11-4-2-1-3-5-11/h1-5,9-10,12-14H,6-8H2/t9-,10+,12-,13-/m0/s1. The van der Waals surface area contributed by atoms with E-state index in [1.807, 2.05) is 0 Å². The molecule has 1 nitrogen and oxygen atoms in total. The Morgan fingerprint density at radius 2 is 1.80 bits per heavy atom. The molecule has 0 amide bonds. The van der Waals surface area contributed by atoms with Crippen LogP contribution in [0.3, 0.4) is 0 Å². The second kappa shape index (κ2) is 3.93. The van der Waals surface area contributed by atoms with Crippen LogP contribution in [0, 0.1) is 11.8 Å². The van der Waals surface area contributed by atoms with E-state index in [1.54, 1.807) is 0 Å². The number of hydrogen-bond acceptors (Lipinski definition) is 1. The summed E-state index contributed by atoms with van der Waals surface area (Å²) in [5.74, 6) is 1.45. The van der Waals surface area contributed by atoms with Gasteiger partial charge in [0.1, 0.15) is 0 Å². The van der Waals surface area contributed by atoms with Crippen LogP contribution in [0.4, 0.5) is 0 Å². The minimum absolute atomic E-state index is 0.00366. The molecule has 15 heavy (non-hydrogen) atoms. The van der Waals surface area contributed by atoms with Crippen molar-refractivity contribution in [3.63, 3.8) is 0 Å². The molecule has 1 N–H and O–H groups in total. The van der Waals surface area contributed by atoms with Crippen molar-refractivity contribution in [1.82, 2.24) is 0 Å². The molecule has 3 rings (SSSR count). The first-order valence-corrected chi connectivity index (χ1v) is 7.59. The van der Waals surface area contributed by atoms with E-state index in [4.69, 9.17) is 0 Å². The zero-order valence-corrected chi connectivity index (χ0v) is 10.4. The fraction of sp³-hybridized carbons (Fsp3) is 0.538. The van der Waals surface area contributed by atoms with Crippen LogP contribution in [0.5, 0.6) is 0 Å². The van der Waals surface area contributed by atoms with E-state index < -0.39 is 0 Å². The van der Waals surface area contributed by atoms with E-state index in [-0.39, 0.29) is 6.10 Å². The quantitative estimate of drug-likeness (QED) is 0.807. The number of hydrogen-bond donors (Lipinski definition) is 1. The van der Waals surface area contributed by atoms with Crippen molar-refractivity contribution < 1.29 is 5.11 Å². The Morgan fingerprint density at radius 1 is 1.07 bits per heavy atom. The molecule has 1 aromatic rings. The fourth-order valence-corrected chi connectivity index (χ4v) is 6.03. The van der Waals surface area contributed by atoms with Crippen molar-refractivity contribution in [2.75, 3.05) is 0 Å². The van der Waals surface area contributed by atoms with Gasteiger partial charge in [-0.1, -0.05) is 0 Å². The van der Waals surface area contributed by atoms with Crippen molar-refractivity contribution in [2.45, 2.75) is 30.2 Å². The zero-order chi connectivity index (χ0) is 10.3. The predicted molar refractivity (Wildman–Crippen MR) is 62.4 cm³/mol. The Morgan fingerprint density at radius 3 is 2.47 bits per heavy atom. The third-order valence-corrected chi connectivity index (χ3v) is 6.92. The molecule has 2 bridgehead atoms. The van der Waals surface area contributed by atoms with Gasteiger partial charge in [-0.25, -0.2) is 0 Å². The normalized spacial score (nSPS) is 38.5. The van der Waals surface area contributed by atoms with Crippen LogP contribution < -0.4 is 4.46 Å². The van der Waals surface area contributed by atoms with Gasteiger partial charge in [0.15, 0.2) is 0 Å². The van der Waals surface area contributed by atoms with Crippen molar-refractivity contribution in [3.8, 4) is 0 Å². The molecule has 1 aromatic carbocycles. The van der Waals surface area contributed by atoms with E-state index >= 15 is 0 Å². The zero-order valence-electron chi connectivity index (χ0n) is 8.67. The van der Waals surface area contributed by atoms with E-state index in [9.17, 15) is 5.11 Å². The third-order valence-electron chi connectivity index (χ3n) is 3.81. The van der Waals surface area contributed by atoms with Crippen LogP contribution in [0.1, 0.15) is 19.3 Å². The molecule has 0 aromatic heterocycles. The first-order valence-electron chi connectivity index (χ1n) is 5.74. The molecule has 0 aliphatic heterocycles. The molecule has 2 aliphatic rings.